The van der Waals surface area contributed by atoms with Crippen LogP contribution in [-0.4, -0.2) is 36.0 Å². The van der Waals surface area contributed by atoms with Crippen LogP contribution in [0.2, 0.25) is 0 Å². The fraction of sp³-hybridized carbons (Fsp3) is 0.222. The molecule has 10 heteroatoms. The van der Waals surface area contributed by atoms with Gasteiger partial charge in [0.15, 0.2) is 0 Å². The summed E-state index contributed by atoms with van der Waals surface area (Å²) in [6, 6.07) is 12.3. The second-order valence-corrected chi connectivity index (χ2v) is 6.12. The van der Waals surface area contributed by atoms with E-state index in [1.807, 2.05) is 12.1 Å². The first-order valence-electron chi connectivity index (χ1n) is 8.31. The molecule has 0 aromatic heterocycles. The summed E-state index contributed by atoms with van der Waals surface area (Å²) in [4.78, 5) is 25.2. The van der Waals surface area contributed by atoms with Crippen molar-refractivity contribution in [2.24, 2.45) is 0 Å². The molecule has 2 aromatic rings. The van der Waals surface area contributed by atoms with E-state index in [9.17, 15) is 20.2 Å². The molecular weight excluding hydrogens is 364 g/mol. The van der Waals surface area contributed by atoms with Crippen LogP contribution < -0.4 is 9.80 Å². The van der Waals surface area contributed by atoms with Gasteiger partial charge in [0.25, 0.3) is 11.4 Å². The fourth-order valence-electron chi connectivity index (χ4n) is 3.19. The Labute approximate surface area is 159 Å². The molecule has 0 amide bonds. The third-order valence-corrected chi connectivity index (χ3v) is 4.56. The average Bonchev–Trinajstić information content (AvgIpc) is 2.72. The van der Waals surface area contributed by atoms with Gasteiger partial charge in [0.2, 0.25) is 0 Å². The van der Waals surface area contributed by atoms with E-state index in [4.69, 9.17) is 10.5 Å². The maximum atomic E-state index is 11.3. The number of benzene rings is 2. The summed E-state index contributed by atoms with van der Waals surface area (Å²) in [6.45, 7) is 1.51. The molecule has 28 heavy (non-hydrogen) atoms. The van der Waals surface area contributed by atoms with E-state index in [0.29, 0.717) is 48.7 Å². The molecule has 1 aliphatic heterocycles. The Balaban J connectivity index is 1.87. The Kier molecular flexibility index (Phi) is 5.05. The van der Waals surface area contributed by atoms with Gasteiger partial charge in [0.1, 0.15) is 11.4 Å². The van der Waals surface area contributed by atoms with Crippen molar-refractivity contribution in [3.05, 3.63) is 67.8 Å². The monoisotopic (exact) mass is 378 g/mol. The molecule has 140 valence electrons. The zero-order chi connectivity index (χ0) is 20.3. The third kappa shape index (κ3) is 3.52. The summed E-state index contributed by atoms with van der Waals surface area (Å²) >= 11 is 0. The van der Waals surface area contributed by atoms with Crippen LogP contribution >= 0.6 is 0 Å². The van der Waals surface area contributed by atoms with Gasteiger partial charge in [-0.1, -0.05) is 0 Å². The lowest BCUT2D eigenvalue weighted by Gasteiger charge is -2.36. The zero-order valence-corrected chi connectivity index (χ0v) is 14.6. The first kappa shape index (κ1) is 18.6. The van der Waals surface area contributed by atoms with Gasteiger partial charge in [-0.15, -0.1) is 0 Å². The van der Waals surface area contributed by atoms with Gasteiger partial charge < -0.3 is 9.80 Å². The Hall–Kier alpha value is -4.18. The molecule has 1 fully saturated rings. The average molecular weight is 378 g/mol. The highest BCUT2D eigenvalue weighted by Gasteiger charge is 2.27. The van der Waals surface area contributed by atoms with Crippen LogP contribution in [0.25, 0.3) is 0 Å². The quantitative estimate of drug-likeness (QED) is 0.584. The van der Waals surface area contributed by atoms with Gasteiger partial charge in [-0.3, -0.25) is 20.2 Å². The minimum Gasteiger partial charge on any atom is -0.362 e. The van der Waals surface area contributed by atoms with Crippen molar-refractivity contribution in [3.63, 3.8) is 0 Å². The van der Waals surface area contributed by atoms with Gasteiger partial charge in [-0.05, 0) is 24.3 Å². The van der Waals surface area contributed by atoms with Crippen molar-refractivity contribution in [1.82, 2.24) is 0 Å². The normalized spacial score (nSPS) is 13.5. The highest BCUT2D eigenvalue weighted by molar-refractivity contribution is 5.69. The summed E-state index contributed by atoms with van der Waals surface area (Å²) in [5.74, 6) is 0. The molecule has 0 bridgehead atoms. The lowest BCUT2D eigenvalue weighted by Crippen LogP contribution is -2.47. The first-order valence-corrected chi connectivity index (χ1v) is 8.31. The molecule has 0 radical (unpaired) electrons. The molecule has 1 heterocycles. The van der Waals surface area contributed by atoms with E-state index in [1.54, 1.807) is 9.80 Å². The number of hydrogen-bond acceptors (Lipinski definition) is 8. The maximum absolute atomic E-state index is 11.3. The molecular formula is C18H14N6O4. The van der Waals surface area contributed by atoms with E-state index in [2.05, 4.69) is 0 Å². The first-order chi connectivity index (χ1) is 13.4. The topological polar surface area (TPSA) is 140 Å². The summed E-state index contributed by atoms with van der Waals surface area (Å²) in [7, 11) is 0. The molecule has 0 atom stereocenters. The molecule has 0 N–H and O–H groups in total. The van der Waals surface area contributed by atoms with Crippen molar-refractivity contribution in [2.45, 2.75) is 0 Å². The van der Waals surface area contributed by atoms with Crippen LogP contribution in [0.5, 0.6) is 0 Å². The smallest absolute Gasteiger partial charge is 0.292 e. The molecule has 10 nitrogen and oxygen atoms in total. The standard InChI is InChI=1S/C18H14N6O4/c19-11-13-1-3-15(23(25)26)17(9-13)21-5-7-22(8-6-21)18-10-14(12-20)2-4-16(18)24(27)28/h1-4,9-10H,5-8H2. The van der Waals surface area contributed by atoms with Crippen LogP contribution in [0, 0.1) is 42.9 Å². The molecule has 2 aromatic carbocycles. The number of nitrogens with zero attached hydrogens (tertiary/aromatic N) is 6. The molecule has 0 unspecified atom stereocenters. The summed E-state index contributed by atoms with van der Waals surface area (Å²) in [5, 5.41) is 40.8. The van der Waals surface area contributed by atoms with E-state index in [1.165, 1.54) is 36.4 Å². The number of nitro benzene ring substituents is 2. The van der Waals surface area contributed by atoms with Crippen LogP contribution in [0.1, 0.15) is 11.1 Å². The Morgan fingerprint density at radius 1 is 0.750 bits per heavy atom. The molecule has 0 saturated carbocycles. The molecule has 1 aliphatic rings. The minimum atomic E-state index is -0.496. The number of nitriles is 2. The number of anilines is 2. The van der Waals surface area contributed by atoms with Gasteiger partial charge in [0, 0.05) is 38.3 Å². The highest BCUT2D eigenvalue weighted by atomic mass is 16.6. The van der Waals surface area contributed by atoms with Crippen molar-refractivity contribution < 1.29 is 9.85 Å². The Morgan fingerprint density at radius 3 is 1.39 bits per heavy atom. The molecule has 3 rings (SSSR count). The summed E-state index contributed by atoms with van der Waals surface area (Å²) in [5.41, 5.74) is 1.16. The second-order valence-electron chi connectivity index (χ2n) is 6.12. The Bertz CT molecular complexity index is 948. The predicted octanol–water partition coefficient (Wildman–Crippen LogP) is 2.57. The van der Waals surface area contributed by atoms with Gasteiger partial charge in [-0.2, -0.15) is 10.5 Å². The molecule has 0 spiro atoms. The van der Waals surface area contributed by atoms with Crippen molar-refractivity contribution in [2.75, 3.05) is 36.0 Å². The van der Waals surface area contributed by atoms with E-state index < -0.39 is 9.85 Å². The summed E-state index contributed by atoms with van der Waals surface area (Å²) < 4.78 is 0. The van der Waals surface area contributed by atoms with E-state index in [-0.39, 0.29) is 11.4 Å². The van der Waals surface area contributed by atoms with Gasteiger partial charge in [0.05, 0.1) is 33.1 Å². The van der Waals surface area contributed by atoms with Crippen molar-refractivity contribution >= 4 is 22.7 Å². The van der Waals surface area contributed by atoms with Crippen LogP contribution in [0.3, 0.4) is 0 Å². The Morgan fingerprint density at radius 2 is 1.11 bits per heavy atom. The minimum absolute atomic E-state index is 0.0927. The van der Waals surface area contributed by atoms with E-state index in [0.717, 1.165) is 0 Å². The second kappa shape index (κ2) is 7.60. The van der Waals surface area contributed by atoms with E-state index >= 15 is 0 Å². The lowest BCUT2D eigenvalue weighted by molar-refractivity contribution is -0.384. The zero-order valence-electron chi connectivity index (χ0n) is 14.6. The molecule has 1 saturated heterocycles. The lowest BCUT2D eigenvalue weighted by atomic mass is 10.1. The maximum Gasteiger partial charge on any atom is 0.292 e. The number of rotatable bonds is 4. The fourth-order valence-corrected chi connectivity index (χ4v) is 3.19. The van der Waals surface area contributed by atoms with Gasteiger partial charge >= 0.3 is 0 Å². The SMILES string of the molecule is N#Cc1ccc([N+](=O)[O-])c(N2CCN(c3cc(C#N)ccc3[N+](=O)[O-])CC2)c1. The third-order valence-electron chi connectivity index (χ3n) is 4.56. The van der Waals surface area contributed by atoms with Gasteiger partial charge in [-0.25, -0.2) is 0 Å². The van der Waals surface area contributed by atoms with Crippen LogP contribution in [0.4, 0.5) is 22.7 Å². The van der Waals surface area contributed by atoms with Crippen LogP contribution in [0.15, 0.2) is 36.4 Å². The van der Waals surface area contributed by atoms with Crippen molar-refractivity contribution in [1.29, 1.82) is 10.5 Å². The van der Waals surface area contributed by atoms with Crippen LogP contribution in [-0.2, 0) is 0 Å². The molecule has 0 aliphatic carbocycles. The number of piperazine rings is 1. The number of nitro groups is 2. The summed E-state index contributed by atoms with van der Waals surface area (Å²) in [6.07, 6.45) is 0. The largest absolute Gasteiger partial charge is 0.362 e. The highest BCUT2D eigenvalue weighted by Crippen LogP contribution is 2.33. The van der Waals surface area contributed by atoms with Crippen molar-refractivity contribution in [3.8, 4) is 12.1 Å². The predicted molar refractivity (Wildman–Crippen MR) is 100 cm³/mol. The number of hydrogen-bond donors (Lipinski definition) is 0.